The third-order valence-corrected chi connectivity index (χ3v) is 2.34. The van der Waals surface area contributed by atoms with Gasteiger partial charge in [0.15, 0.2) is 0 Å². The highest BCUT2D eigenvalue weighted by Gasteiger charge is 2.10. The molecule has 2 heterocycles. The SMILES string of the molecule is [C-]#[N+]c1cn2c(Cl)ncc(Br)c2n1. The molecule has 0 N–H and O–H groups in total. The molecule has 0 saturated heterocycles. The van der Waals surface area contributed by atoms with Gasteiger partial charge in [-0.3, -0.25) is 4.40 Å². The maximum atomic E-state index is 6.79. The summed E-state index contributed by atoms with van der Waals surface area (Å²) < 4.78 is 2.27. The van der Waals surface area contributed by atoms with Crippen molar-refractivity contribution < 1.29 is 0 Å². The molecule has 0 atom stereocenters. The van der Waals surface area contributed by atoms with Crippen molar-refractivity contribution in [1.82, 2.24) is 14.4 Å². The summed E-state index contributed by atoms with van der Waals surface area (Å²) in [6.07, 6.45) is 3.10. The lowest BCUT2D eigenvalue weighted by Crippen LogP contribution is -1.89. The number of rotatable bonds is 0. The van der Waals surface area contributed by atoms with Gasteiger partial charge in [-0.1, -0.05) is 11.6 Å². The monoisotopic (exact) mass is 256 g/mol. The molecule has 0 fully saturated rings. The van der Waals surface area contributed by atoms with E-state index in [1.807, 2.05) is 0 Å². The maximum absolute atomic E-state index is 6.79. The largest absolute Gasteiger partial charge is 0.359 e. The van der Waals surface area contributed by atoms with Crippen LogP contribution in [-0.2, 0) is 0 Å². The maximum Gasteiger partial charge on any atom is 0.288 e. The van der Waals surface area contributed by atoms with Crippen molar-refractivity contribution >= 4 is 39.0 Å². The first kappa shape index (κ1) is 8.48. The molecule has 0 unspecified atom stereocenters. The van der Waals surface area contributed by atoms with Crippen LogP contribution in [0.2, 0.25) is 5.28 Å². The minimum Gasteiger partial charge on any atom is -0.359 e. The molecule has 0 spiro atoms. The van der Waals surface area contributed by atoms with Crippen LogP contribution >= 0.6 is 27.5 Å². The van der Waals surface area contributed by atoms with Crippen LogP contribution in [0.4, 0.5) is 5.82 Å². The number of fused-ring (bicyclic) bond motifs is 1. The summed E-state index contributed by atoms with van der Waals surface area (Å²) in [5, 5.41) is 0.292. The standard InChI is InChI=1S/C7H2BrClN4/c1-10-5-3-13-6(12-5)4(8)2-11-7(13)9/h2-3H. The highest BCUT2D eigenvalue weighted by Crippen LogP contribution is 2.22. The van der Waals surface area contributed by atoms with E-state index in [0.717, 1.165) is 0 Å². The fraction of sp³-hybridized carbons (Fsp3) is 0. The van der Waals surface area contributed by atoms with Crippen LogP contribution in [0.15, 0.2) is 16.9 Å². The van der Waals surface area contributed by atoms with Crippen molar-refractivity contribution in [2.45, 2.75) is 0 Å². The van der Waals surface area contributed by atoms with Gasteiger partial charge in [0.25, 0.3) is 5.82 Å². The second-order valence-corrected chi connectivity index (χ2v) is 3.47. The predicted molar refractivity (Wildman–Crippen MR) is 52.0 cm³/mol. The summed E-state index contributed by atoms with van der Waals surface area (Å²) in [4.78, 5) is 11.1. The van der Waals surface area contributed by atoms with E-state index in [2.05, 4.69) is 30.7 Å². The third kappa shape index (κ3) is 1.28. The van der Waals surface area contributed by atoms with E-state index < -0.39 is 0 Å². The van der Waals surface area contributed by atoms with Crippen LogP contribution in [0, 0.1) is 6.57 Å². The first-order chi connectivity index (χ1) is 6.22. The van der Waals surface area contributed by atoms with Gasteiger partial charge in [-0.05, 0) is 27.5 Å². The van der Waals surface area contributed by atoms with Gasteiger partial charge in [0.1, 0.15) is 4.47 Å². The lowest BCUT2D eigenvalue weighted by molar-refractivity contribution is 1.08. The molecule has 2 rings (SSSR count). The van der Waals surface area contributed by atoms with E-state index in [4.69, 9.17) is 18.2 Å². The Morgan fingerprint density at radius 3 is 3.00 bits per heavy atom. The lowest BCUT2D eigenvalue weighted by Gasteiger charge is -1.93. The molecular formula is C7H2BrClN4. The van der Waals surface area contributed by atoms with Gasteiger partial charge >= 0.3 is 0 Å². The van der Waals surface area contributed by atoms with E-state index in [1.165, 1.54) is 0 Å². The van der Waals surface area contributed by atoms with Crippen LogP contribution < -0.4 is 0 Å². The predicted octanol–water partition coefficient (Wildman–Crippen LogP) is 2.70. The second kappa shape index (κ2) is 2.98. The normalized spacial score (nSPS) is 10.2. The molecule has 0 aliphatic rings. The first-order valence-electron chi connectivity index (χ1n) is 3.29. The zero-order chi connectivity index (χ0) is 9.42. The Hall–Kier alpha value is -1.12. The summed E-state index contributed by atoms with van der Waals surface area (Å²) in [5.41, 5.74) is 0.603. The zero-order valence-corrected chi connectivity index (χ0v) is 8.54. The van der Waals surface area contributed by atoms with Gasteiger partial charge in [0.2, 0.25) is 10.9 Å². The van der Waals surface area contributed by atoms with Gasteiger partial charge in [-0.2, -0.15) is 0 Å². The number of nitrogens with zero attached hydrogens (tertiary/aromatic N) is 4. The lowest BCUT2D eigenvalue weighted by atomic mass is 10.6. The average molecular weight is 257 g/mol. The molecule has 2 aromatic heterocycles. The molecule has 6 heteroatoms. The Bertz CT molecular complexity index is 474. The molecule has 0 saturated carbocycles. The van der Waals surface area contributed by atoms with Gasteiger partial charge in [-0.25, -0.2) is 4.98 Å². The zero-order valence-electron chi connectivity index (χ0n) is 6.20. The highest BCUT2D eigenvalue weighted by atomic mass is 79.9. The van der Waals surface area contributed by atoms with Gasteiger partial charge < -0.3 is 4.85 Å². The van der Waals surface area contributed by atoms with Crippen molar-refractivity contribution in [1.29, 1.82) is 0 Å². The number of halogens is 2. The summed E-state index contributed by atoms with van der Waals surface area (Å²) in [7, 11) is 0. The molecule has 0 bridgehead atoms. The summed E-state index contributed by atoms with van der Waals surface area (Å²) >= 11 is 9.05. The molecule has 64 valence electrons. The van der Waals surface area contributed by atoms with Crippen LogP contribution in [-0.4, -0.2) is 14.4 Å². The molecule has 0 aliphatic carbocycles. The van der Waals surface area contributed by atoms with Crippen molar-refractivity contribution in [2.75, 3.05) is 0 Å². The second-order valence-electron chi connectivity index (χ2n) is 2.28. The van der Waals surface area contributed by atoms with Crippen molar-refractivity contribution in [3.63, 3.8) is 0 Å². The fourth-order valence-corrected chi connectivity index (χ4v) is 1.52. The Morgan fingerprint density at radius 2 is 2.38 bits per heavy atom. The number of imidazole rings is 1. The smallest absolute Gasteiger partial charge is 0.288 e. The molecule has 13 heavy (non-hydrogen) atoms. The highest BCUT2D eigenvalue weighted by molar-refractivity contribution is 9.10. The Kier molecular flexibility index (Phi) is 1.94. The molecule has 0 aromatic carbocycles. The molecule has 0 aliphatic heterocycles. The minimum atomic E-state index is 0.292. The molecule has 0 radical (unpaired) electrons. The van der Waals surface area contributed by atoms with E-state index in [0.29, 0.717) is 21.2 Å². The van der Waals surface area contributed by atoms with E-state index in [9.17, 15) is 0 Å². The quantitative estimate of drug-likeness (QED) is 0.537. The summed E-state index contributed by atoms with van der Waals surface area (Å²) in [6, 6.07) is 0. The Balaban J connectivity index is 2.90. The van der Waals surface area contributed by atoms with E-state index in [1.54, 1.807) is 16.8 Å². The third-order valence-electron chi connectivity index (χ3n) is 1.50. The number of hydrogen-bond donors (Lipinski definition) is 0. The van der Waals surface area contributed by atoms with Gasteiger partial charge in [0.05, 0.1) is 6.20 Å². The van der Waals surface area contributed by atoms with Crippen molar-refractivity contribution in [3.05, 3.63) is 33.6 Å². The Morgan fingerprint density at radius 1 is 1.62 bits per heavy atom. The average Bonchev–Trinajstić information content (AvgIpc) is 2.56. The first-order valence-corrected chi connectivity index (χ1v) is 4.46. The van der Waals surface area contributed by atoms with Crippen LogP contribution in [0.5, 0.6) is 0 Å². The topological polar surface area (TPSA) is 34.5 Å². The van der Waals surface area contributed by atoms with Crippen LogP contribution in [0.3, 0.4) is 0 Å². The van der Waals surface area contributed by atoms with Gasteiger partial charge in [-0.15, -0.1) is 0 Å². The molecule has 0 amide bonds. The fourth-order valence-electron chi connectivity index (χ4n) is 0.961. The van der Waals surface area contributed by atoms with Crippen molar-refractivity contribution in [3.8, 4) is 0 Å². The van der Waals surface area contributed by atoms with Crippen molar-refractivity contribution in [2.24, 2.45) is 0 Å². The minimum absolute atomic E-state index is 0.292. The van der Waals surface area contributed by atoms with E-state index >= 15 is 0 Å². The molecule has 4 nitrogen and oxygen atoms in total. The molecule has 2 aromatic rings. The molecular weight excluding hydrogens is 255 g/mol. The van der Waals surface area contributed by atoms with Crippen LogP contribution in [0.25, 0.3) is 10.5 Å². The van der Waals surface area contributed by atoms with Gasteiger partial charge in [0, 0.05) is 6.20 Å². The number of aromatic nitrogens is 3. The summed E-state index contributed by atoms with van der Waals surface area (Å²) in [5.74, 6) is 0.301. The Labute approximate surface area is 87.1 Å². The van der Waals surface area contributed by atoms with Crippen LogP contribution in [0.1, 0.15) is 0 Å². The summed E-state index contributed by atoms with van der Waals surface area (Å²) in [6.45, 7) is 6.79. The number of hydrogen-bond acceptors (Lipinski definition) is 2. The van der Waals surface area contributed by atoms with E-state index in [-0.39, 0.29) is 0 Å².